The number of nitrogens with one attached hydrogen (secondary N) is 3. The summed E-state index contributed by atoms with van der Waals surface area (Å²) in [4.78, 5) is 61.3. The van der Waals surface area contributed by atoms with Crippen molar-refractivity contribution in [3.05, 3.63) is 35.9 Å². The van der Waals surface area contributed by atoms with Crippen LogP contribution in [0.25, 0.3) is 0 Å². The van der Waals surface area contributed by atoms with E-state index in [4.69, 9.17) is 11.5 Å². The number of carbonyl (C=O) groups excluding carboxylic acids is 4. The van der Waals surface area contributed by atoms with Gasteiger partial charge in [-0.05, 0) is 36.3 Å². The van der Waals surface area contributed by atoms with E-state index in [-0.39, 0.29) is 12.8 Å². The highest BCUT2D eigenvalue weighted by Crippen LogP contribution is 2.07. The molecule has 0 heterocycles. The fraction of sp³-hybridized carbons (Fsp3) is 0.522. The van der Waals surface area contributed by atoms with Crippen LogP contribution >= 0.6 is 11.8 Å². The number of rotatable bonds is 15. The van der Waals surface area contributed by atoms with Crippen LogP contribution in [-0.4, -0.2) is 70.9 Å². The van der Waals surface area contributed by atoms with E-state index in [0.717, 1.165) is 5.56 Å². The molecule has 1 rings (SSSR count). The molecular formula is C23H35N5O6S. The zero-order valence-electron chi connectivity index (χ0n) is 20.2. The van der Waals surface area contributed by atoms with E-state index in [9.17, 15) is 29.1 Å². The third kappa shape index (κ3) is 10.8. The number of carbonyl (C=O) groups is 5. The monoisotopic (exact) mass is 509 g/mol. The average molecular weight is 510 g/mol. The molecule has 0 bridgehead atoms. The molecule has 0 saturated carbocycles. The molecule has 4 atom stereocenters. The van der Waals surface area contributed by atoms with Gasteiger partial charge in [-0.3, -0.25) is 19.2 Å². The van der Waals surface area contributed by atoms with E-state index in [1.165, 1.54) is 11.8 Å². The molecule has 4 amide bonds. The number of nitrogens with two attached hydrogens (primary N) is 2. The van der Waals surface area contributed by atoms with E-state index in [2.05, 4.69) is 16.0 Å². The van der Waals surface area contributed by atoms with E-state index in [1.807, 2.05) is 36.6 Å². The molecule has 0 spiro atoms. The van der Waals surface area contributed by atoms with E-state index in [0.29, 0.717) is 5.75 Å². The van der Waals surface area contributed by atoms with Crippen LogP contribution in [0.3, 0.4) is 0 Å². The summed E-state index contributed by atoms with van der Waals surface area (Å²) < 4.78 is 0. The third-order valence-corrected chi connectivity index (χ3v) is 5.79. The number of hydrogen-bond donors (Lipinski definition) is 6. The van der Waals surface area contributed by atoms with Crippen LogP contribution in [0.5, 0.6) is 0 Å². The summed E-state index contributed by atoms with van der Waals surface area (Å²) in [6, 6.07) is 4.59. The van der Waals surface area contributed by atoms with Gasteiger partial charge < -0.3 is 32.5 Å². The van der Waals surface area contributed by atoms with Crippen molar-refractivity contribution in [3.63, 3.8) is 0 Å². The van der Waals surface area contributed by atoms with Crippen LogP contribution in [0.4, 0.5) is 0 Å². The Hall–Kier alpha value is -3.12. The highest BCUT2D eigenvalue weighted by Gasteiger charge is 2.32. The van der Waals surface area contributed by atoms with Gasteiger partial charge in [-0.2, -0.15) is 11.8 Å². The lowest BCUT2D eigenvalue weighted by Gasteiger charge is -2.25. The normalized spacial score (nSPS) is 14.3. The Bertz CT molecular complexity index is 882. The lowest BCUT2D eigenvalue weighted by molar-refractivity contribution is -0.143. The molecule has 0 aliphatic rings. The maximum absolute atomic E-state index is 13.0. The second-order valence-electron chi connectivity index (χ2n) is 8.44. The highest BCUT2D eigenvalue weighted by molar-refractivity contribution is 7.98. The van der Waals surface area contributed by atoms with Gasteiger partial charge in [0, 0.05) is 0 Å². The number of benzene rings is 1. The van der Waals surface area contributed by atoms with Crippen molar-refractivity contribution in [2.45, 2.75) is 57.3 Å². The van der Waals surface area contributed by atoms with E-state index >= 15 is 0 Å². The number of primary amides is 1. The van der Waals surface area contributed by atoms with Gasteiger partial charge >= 0.3 is 5.97 Å². The predicted molar refractivity (Wildman–Crippen MR) is 133 cm³/mol. The molecule has 4 unspecified atom stereocenters. The lowest BCUT2D eigenvalue weighted by atomic mass is 10.0. The standard InChI is InChI=1S/C23H35N5O6S/c1-13(2)19(23(33)34)28-22(32)17(12-18(25)29)27-21(31)16(9-10-35-3)26-20(30)15(24)11-14-7-5-4-6-8-14/h4-8,13,15-17,19H,9-12,24H2,1-3H3,(H2,25,29)(H,26,30)(H,27,31)(H,28,32)(H,33,34). The fourth-order valence-electron chi connectivity index (χ4n) is 3.19. The molecule has 35 heavy (non-hydrogen) atoms. The molecule has 194 valence electrons. The van der Waals surface area contributed by atoms with Crippen LogP contribution in [-0.2, 0) is 30.4 Å². The fourth-order valence-corrected chi connectivity index (χ4v) is 3.67. The molecule has 8 N–H and O–H groups in total. The second-order valence-corrected chi connectivity index (χ2v) is 9.42. The zero-order valence-corrected chi connectivity index (χ0v) is 21.0. The average Bonchev–Trinajstić information content (AvgIpc) is 2.79. The first-order chi connectivity index (χ1) is 16.5. The van der Waals surface area contributed by atoms with Gasteiger partial charge in [0.1, 0.15) is 18.1 Å². The molecule has 0 saturated heterocycles. The highest BCUT2D eigenvalue weighted by atomic mass is 32.2. The largest absolute Gasteiger partial charge is 0.480 e. The van der Waals surface area contributed by atoms with Crippen LogP contribution < -0.4 is 27.4 Å². The molecule has 0 radical (unpaired) electrons. The Morgan fingerprint density at radius 1 is 0.943 bits per heavy atom. The second kappa shape index (κ2) is 15.0. The number of carboxylic acids is 1. The maximum Gasteiger partial charge on any atom is 0.326 e. The Morgan fingerprint density at radius 2 is 1.51 bits per heavy atom. The number of aliphatic carboxylic acids is 1. The van der Waals surface area contributed by atoms with Crippen molar-refractivity contribution in [1.29, 1.82) is 0 Å². The number of thioether (sulfide) groups is 1. The van der Waals surface area contributed by atoms with Crippen LogP contribution in [0.2, 0.25) is 0 Å². The van der Waals surface area contributed by atoms with Gasteiger partial charge in [0.05, 0.1) is 12.5 Å². The Balaban J connectivity index is 2.94. The van der Waals surface area contributed by atoms with E-state index < -0.39 is 66.1 Å². The Morgan fingerprint density at radius 3 is 2.03 bits per heavy atom. The van der Waals surface area contributed by atoms with E-state index in [1.54, 1.807) is 13.8 Å². The van der Waals surface area contributed by atoms with Gasteiger partial charge in [-0.15, -0.1) is 0 Å². The van der Waals surface area contributed by atoms with Gasteiger partial charge in [-0.25, -0.2) is 4.79 Å². The number of hydrogen-bond acceptors (Lipinski definition) is 7. The van der Waals surface area contributed by atoms with Crippen LogP contribution in [0.15, 0.2) is 30.3 Å². The van der Waals surface area contributed by atoms with Crippen molar-refractivity contribution in [3.8, 4) is 0 Å². The molecule has 1 aromatic carbocycles. The first kappa shape index (κ1) is 29.9. The van der Waals surface area contributed by atoms with Crippen molar-refractivity contribution in [2.75, 3.05) is 12.0 Å². The molecule has 0 fully saturated rings. The van der Waals surface area contributed by atoms with Crippen molar-refractivity contribution < 1.29 is 29.1 Å². The molecule has 12 heteroatoms. The molecule has 0 aromatic heterocycles. The summed E-state index contributed by atoms with van der Waals surface area (Å²) in [5.74, 6) is -4.16. The summed E-state index contributed by atoms with van der Waals surface area (Å²) in [6.07, 6.45) is 1.80. The van der Waals surface area contributed by atoms with Gasteiger partial charge in [0.2, 0.25) is 23.6 Å². The molecule has 0 aliphatic carbocycles. The Kier molecular flexibility index (Phi) is 12.8. The van der Waals surface area contributed by atoms with Crippen LogP contribution in [0, 0.1) is 5.92 Å². The topological polar surface area (TPSA) is 194 Å². The Labute approximate surface area is 209 Å². The summed E-state index contributed by atoms with van der Waals surface area (Å²) in [5.41, 5.74) is 12.1. The number of amides is 4. The predicted octanol–water partition coefficient (Wildman–Crippen LogP) is -0.620. The lowest BCUT2D eigenvalue weighted by Crippen LogP contribution is -2.58. The third-order valence-electron chi connectivity index (χ3n) is 5.15. The minimum absolute atomic E-state index is 0.242. The van der Waals surface area contributed by atoms with Gasteiger partial charge in [0.25, 0.3) is 0 Å². The number of carboxylic acid groups (broad SMARTS) is 1. The first-order valence-electron chi connectivity index (χ1n) is 11.2. The zero-order chi connectivity index (χ0) is 26.5. The quantitative estimate of drug-likeness (QED) is 0.180. The summed E-state index contributed by atoms with van der Waals surface area (Å²) >= 11 is 1.45. The summed E-state index contributed by atoms with van der Waals surface area (Å²) in [6.45, 7) is 3.21. The first-order valence-corrected chi connectivity index (χ1v) is 12.6. The summed E-state index contributed by atoms with van der Waals surface area (Å²) in [5, 5.41) is 16.7. The van der Waals surface area contributed by atoms with Crippen molar-refractivity contribution in [2.24, 2.45) is 17.4 Å². The van der Waals surface area contributed by atoms with Crippen molar-refractivity contribution in [1.82, 2.24) is 16.0 Å². The van der Waals surface area contributed by atoms with Crippen LogP contribution in [0.1, 0.15) is 32.3 Å². The SMILES string of the molecule is CSCCC(NC(=O)C(N)Cc1ccccc1)C(=O)NC(CC(N)=O)C(=O)NC(C(=O)O)C(C)C. The maximum atomic E-state index is 13.0. The smallest absolute Gasteiger partial charge is 0.326 e. The minimum Gasteiger partial charge on any atom is -0.480 e. The minimum atomic E-state index is -1.41. The van der Waals surface area contributed by atoms with Crippen molar-refractivity contribution >= 4 is 41.4 Å². The summed E-state index contributed by atoms with van der Waals surface area (Å²) in [7, 11) is 0. The molecule has 11 nitrogen and oxygen atoms in total. The molecule has 1 aromatic rings. The van der Waals surface area contributed by atoms with Gasteiger partial charge in [0.15, 0.2) is 0 Å². The molecule has 0 aliphatic heterocycles. The van der Waals surface area contributed by atoms with Gasteiger partial charge in [-0.1, -0.05) is 44.2 Å². The molecular weight excluding hydrogens is 474 g/mol.